The van der Waals surface area contributed by atoms with Crippen molar-refractivity contribution < 1.29 is 23.1 Å². The molecule has 12 heteroatoms. The van der Waals surface area contributed by atoms with Crippen LogP contribution in [0.3, 0.4) is 0 Å². The lowest BCUT2D eigenvalue weighted by molar-refractivity contribution is -0.137. The van der Waals surface area contributed by atoms with Crippen molar-refractivity contribution in [2.45, 2.75) is 31.7 Å². The first-order valence-electron chi connectivity index (χ1n) is 11.5. The first-order chi connectivity index (χ1) is 17.1. The number of β-amino-alcohol motifs (C(OH)–C–C–N with tert-alkyl or cyclic N) is 1. The van der Waals surface area contributed by atoms with E-state index in [2.05, 4.69) is 25.5 Å². The van der Waals surface area contributed by atoms with Crippen molar-refractivity contribution >= 4 is 49.6 Å². The molecule has 5 rings (SSSR count). The molecule has 1 fully saturated rings. The predicted octanol–water partition coefficient (Wildman–Crippen LogP) is 4.13. The smallest absolute Gasteiger partial charge is 0.392 e. The van der Waals surface area contributed by atoms with E-state index in [-0.39, 0.29) is 11.9 Å². The Kier molecular flexibility index (Phi) is 6.35. The van der Waals surface area contributed by atoms with E-state index in [1.807, 2.05) is 13.1 Å². The van der Waals surface area contributed by atoms with Crippen LogP contribution in [0.2, 0.25) is 0 Å². The number of carbonyl (C=O) groups excluding carboxylic acids is 1. The van der Waals surface area contributed by atoms with Gasteiger partial charge in [-0.3, -0.25) is 9.69 Å². The molecule has 3 heterocycles. The molecule has 36 heavy (non-hydrogen) atoms. The van der Waals surface area contributed by atoms with Crippen LogP contribution in [0.25, 0.3) is 21.3 Å². The summed E-state index contributed by atoms with van der Waals surface area (Å²) in [7, 11) is 1.81. The Labute approximate surface area is 208 Å². The van der Waals surface area contributed by atoms with Crippen molar-refractivity contribution in [3.8, 4) is 0 Å². The number of rotatable bonds is 6. The van der Waals surface area contributed by atoms with Crippen molar-refractivity contribution in [1.29, 1.82) is 0 Å². The van der Waals surface area contributed by atoms with Crippen molar-refractivity contribution in [2.24, 2.45) is 7.05 Å². The molecule has 0 saturated carbocycles. The molecule has 3 N–H and O–H groups in total. The third-order valence-electron chi connectivity index (χ3n) is 6.21. The first-order valence-corrected chi connectivity index (χ1v) is 12.3. The topological polar surface area (TPSA) is 95.3 Å². The van der Waals surface area contributed by atoms with Crippen LogP contribution in [0.4, 0.5) is 24.3 Å². The van der Waals surface area contributed by atoms with Crippen LogP contribution in [0.1, 0.15) is 29.3 Å². The maximum Gasteiger partial charge on any atom is 0.416 e. The molecule has 0 spiro atoms. The number of fused-ring (bicyclic) bond motifs is 2. The fourth-order valence-corrected chi connectivity index (χ4v) is 5.36. The van der Waals surface area contributed by atoms with Crippen LogP contribution >= 0.6 is 11.3 Å². The van der Waals surface area contributed by atoms with Crippen LogP contribution < -0.4 is 10.6 Å². The number of likely N-dealkylation sites (tertiary alicyclic amines) is 1. The summed E-state index contributed by atoms with van der Waals surface area (Å²) in [6, 6.07) is 8.74. The van der Waals surface area contributed by atoms with E-state index in [9.17, 15) is 23.1 Å². The second kappa shape index (κ2) is 9.34. The zero-order valence-corrected chi connectivity index (χ0v) is 20.5. The maximum atomic E-state index is 13.0. The number of amides is 1. The first kappa shape index (κ1) is 24.5. The van der Waals surface area contributed by atoms with Gasteiger partial charge >= 0.3 is 6.18 Å². The number of thiazole rings is 1. The molecule has 2 aromatic carbocycles. The van der Waals surface area contributed by atoms with E-state index < -0.39 is 17.8 Å². The summed E-state index contributed by atoms with van der Waals surface area (Å²) >= 11 is 1.11. The highest BCUT2D eigenvalue weighted by Gasteiger charge is 2.31. The minimum absolute atomic E-state index is 0.0183. The Bertz CT molecular complexity index is 1430. The Balaban J connectivity index is 1.32. The number of alkyl halides is 3. The quantitative estimate of drug-likeness (QED) is 0.355. The highest BCUT2D eigenvalue weighted by molar-refractivity contribution is 7.22. The normalized spacial score (nSPS) is 17.7. The van der Waals surface area contributed by atoms with Gasteiger partial charge in [-0.1, -0.05) is 11.3 Å². The zero-order valence-electron chi connectivity index (χ0n) is 19.6. The molecule has 0 radical (unpaired) electrons. The number of benzene rings is 2. The van der Waals surface area contributed by atoms with E-state index in [0.29, 0.717) is 45.5 Å². The number of hydrogen-bond acceptors (Lipinski definition) is 7. The van der Waals surface area contributed by atoms with E-state index in [0.717, 1.165) is 42.0 Å². The summed E-state index contributed by atoms with van der Waals surface area (Å²) in [5, 5.41) is 16.1. The molecule has 0 unspecified atom stereocenters. The van der Waals surface area contributed by atoms with Gasteiger partial charge in [-0.05, 0) is 49.7 Å². The zero-order chi connectivity index (χ0) is 25.6. The summed E-state index contributed by atoms with van der Waals surface area (Å²) < 4.78 is 41.3. The molecular formula is C24H25F3N6O2S. The Morgan fingerprint density at radius 3 is 2.78 bits per heavy atom. The standard InChI is InChI=1S/C24H25F3N6O2S/c1-13(34)11-33-8-7-16(12-33)28-21(35)14-3-6-19-18(9-14)29-22(32(19)2)31-23-30-17-5-4-15(24(25,26)27)10-20(17)36-23/h3-6,9-10,13,16,34H,7-8,11-12H2,1-2H3,(H,28,35)(H,29,30,31)/t13-,16-/m1/s1. The predicted molar refractivity (Wildman–Crippen MR) is 133 cm³/mol. The van der Waals surface area contributed by atoms with Crippen molar-refractivity contribution in [3.05, 3.63) is 47.5 Å². The SMILES string of the molecule is C[C@@H](O)CN1CC[C@@H](NC(=O)c2ccc3c(c2)nc(Nc2nc4ccc(C(F)(F)F)cc4s2)n3C)C1. The van der Waals surface area contributed by atoms with Crippen LogP contribution in [0, 0.1) is 0 Å². The number of aryl methyl sites for hydroxylation is 1. The van der Waals surface area contributed by atoms with Gasteiger partial charge in [0.2, 0.25) is 5.95 Å². The molecule has 2 atom stereocenters. The number of nitrogens with zero attached hydrogens (tertiary/aromatic N) is 4. The lowest BCUT2D eigenvalue weighted by Gasteiger charge is -2.18. The van der Waals surface area contributed by atoms with Gasteiger partial charge in [0.05, 0.1) is 32.9 Å². The number of aromatic nitrogens is 3. The molecule has 1 amide bonds. The van der Waals surface area contributed by atoms with Gasteiger partial charge in [0.15, 0.2) is 5.13 Å². The second-order valence-electron chi connectivity index (χ2n) is 9.09. The summed E-state index contributed by atoms with van der Waals surface area (Å²) in [6.45, 7) is 3.86. The summed E-state index contributed by atoms with van der Waals surface area (Å²) in [4.78, 5) is 23.9. The number of aliphatic hydroxyl groups excluding tert-OH is 1. The van der Waals surface area contributed by atoms with E-state index in [1.54, 1.807) is 23.6 Å². The van der Waals surface area contributed by atoms with Crippen LogP contribution in [0.5, 0.6) is 0 Å². The molecule has 1 aliphatic heterocycles. The lowest BCUT2D eigenvalue weighted by atomic mass is 10.1. The molecule has 8 nitrogen and oxygen atoms in total. The molecule has 1 saturated heterocycles. The van der Waals surface area contributed by atoms with Crippen LogP contribution in [-0.4, -0.2) is 62.2 Å². The van der Waals surface area contributed by atoms with Crippen molar-refractivity contribution in [3.63, 3.8) is 0 Å². The van der Waals surface area contributed by atoms with Crippen molar-refractivity contribution in [2.75, 3.05) is 25.0 Å². The highest BCUT2D eigenvalue weighted by atomic mass is 32.1. The van der Waals surface area contributed by atoms with E-state index in [4.69, 9.17) is 0 Å². The van der Waals surface area contributed by atoms with Gasteiger partial charge in [-0.2, -0.15) is 13.2 Å². The summed E-state index contributed by atoms with van der Waals surface area (Å²) in [5.74, 6) is 0.273. The fraction of sp³-hybridized carbons (Fsp3) is 0.375. The Morgan fingerprint density at radius 2 is 2.03 bits per heavy atom. The average Bonchev–Trinajstić information content (AvgIpc) is 3.49. The van der Waals surface area contributed by atoms with Crippen molar-refractivity contribution in [1.82, 2.24) is 24.8 Å². The molecule has 190 valence electrons. The minimum atomic E-state index is -4.41. The highest BCUT2D eigenvalue weighted by Crippen LogP contribution is 2.35. The molecule has 0 aliphatic carbocycles. The minimum Gasteiger partial charge on any atom is -0.392 e. The molecule has 4 aromatic rings. The van der Waals surface area contributed by atoms with Gasteiger partial charge in [0.1, 0.15) is 0 Å². The summed E-state index contributed by atoms with van der Waals surface area (Å²) in [6.07, 6.45) is -4.00. The van der Waals surface area contributed by atoms with Gasteiger partial charge in [-0.15, -0.1) is 0 Å². The van der Waals surface area contributed by atoms with Gasteiger partial charge in [-0.25, -0.2) is 9.97 Å². The molecule has 1 aliphatic rings. The second-order valence-corrected chi connectivity index (χ2v) is 10.1. The van der Waals surface area contributed by atoms with E-state index >= 15 is 0 Å². The average molecular weight is 519 g/mol. The fourth-order valence-electron chi connectivity index (χ4n) is 4.46. The third kappa shape index (κ3) is 5.01. The number of carbonyl (C=O) groups is 1. The van der Waals surface area contributed by atoms with Gasteiger partial charge in [0.25, 0.3) is 5.91 Å². The maximum absolute atomic E-state index is 13.0. The Morgan fingerprint density at radius 1 is 1.22 bits per heavy atom. The monoisotopic (exact) mass is 518 g/mol. The number of aliphatic hydroxyl groups is 1. The number of hydrogen-bond donors (Lipinski definition) is 3. The van der Waals surface area contributed by atoms with E-state index in [1.165, 1.54) is 6.07 Å². The van der Waals surface area contributed by atoms with Crippen LogP contribution in [0.15, 0.2) is 36.4 Å². The number of halogens is 3. The van der Waals surface area contributed by atoms with Gasteiger partial charge in [0, 0.05) is 38.3 Å². The number of anilines is 2. The summed E-state index contributed by atoms with van der Waals surface area (Å²) in [5.41, 5.74) is 1.63. The molecule has 0 bridgehead atoms. The molecule has 2 aromatic heterocycles. The Hall–Kier alpha value is -3.22. The van der Waals surface area contributed by atoms with Gasteiger partial charge < -0.3 is 20.3 Å². The number of nitrogens with one attached hydrogen (secondary N) is 2. The van der Waals surface area contributed by atoms with Crippen LogP contribution in [-0.2, 0) is 13.2 Å². The largest absolute Gasteiger partial charge is 0.416 e. The third-order valence-corrected chi connectivity index (χ3v) is 7.14. The number of imidazole rings is 1. The molecular weight excluding hydrogens is 493 g/mol. The lowest BCUT2D eigenvalue weighted by Crippen LogP contribution is -2.38.